The average Bonchev–Trinajstić information content (AvgIpc) is 3.29. The van der Waals surface area contributed by atoms with Crippen LogP contribution in [0.4, 0.5) is 0 Å². The van der Waals surface area contributed by atoms with Crippen LogP contribution in [0.2, 0.25) is 0 Å². The van der Waals surface area contributed by atoms with Gasteiger partial charge in [-0.05, 0) is 51.4 Å². The van der Waals surface area contributed by atoms with E-state index in [1.807, 2.05) is 20.8 Å². The van der Waals surface area contributed by atoms with E-state index in [0.29, 0.717) is 19.3 Å². The predicted octanol–water partition coefficient (Wildman–Crippen LogP) is 2.14. The molecule has 0 aromatic heterocycles. The van der Waals surface area contributed by atoms with Gasteiger partial charge in [0, 0.05) is 0 Å². The Morgan fingerprint density at radius 2 is 1.96 bits per heavy atom. The van der Waals surface area contributed by atoms with Crippen molar-refractivity contribution in [2.24, 2.45) is 23.2 Å². The van der Waals surface area contributed by atoms with E-state index in [2.05, 4.69) is 4.85 Å². The van der Waals surface area contributed by atoms with E-state index in [1.165, 1.54) is 0 Å². The zero-order chi connectivity index (χ0) is 19.1. The summed E-state index contributed by atoms with van der Waals surface area (Å²) in [4.78, 5) is 39.7. The third-order valence-electron chi connectivity index (χ3n) is 6.18. The van der Waals surface area contributed by atoms with Gasteiger partial charge in [-0.25, -0.2) is 11.4 Å². The highest BCUT2D eigenvalue weighted by Crippen LogP contribution is 2.50. The first-order valence-electron chi connectivity index (χ1n) is 9.21. The molecular formula is C19H25NO6. The van der Waals surface area contributed by atoms with Crippen molar-refractivity contribution in [3.05, 3.63) is 11.4 Å². The number of hydrogen-bond acceptors (Lipinski definition) is 6. The first kappa shape index (κ1) is 18.7. The molecule has 1 heterocycles. The third-order valence-corrected chi connectivity index (χ3v) is 6.18. The molecule has 2 bridgehead atoms. The maximum Gasteiger partial charge on any atom is 0.356 e. The quantitative estimate of drug-likeness (QED) is 0.423. The van der Waals surface area contributed by atoms with Gasteiger partial charge < -0.3 is 19.1 Å². The van der Waals surface area contributed by atoms with Gasteiger partial charge >= 0.3 is 23.9 Å². The molecule has 0 aromatic rings. The molecule has 1 saturated heterocycles. The van der Waals surface area contributed by atoms with E-state index in [-0.39, 0.29) is 36.4 Å². The number of fused-ring (bicyclic) bond motifs is 2. The van der Waals surface area contributed by atoms with Gasteiger partial charge in [0.2, 0.25) is 0 Å². The van der Waals surface area contributed by atoms with E-state index in [4.69, 9.17) is 20.8 Å². The normalized spacial score (nSPS) is 35.7. The minimum atomic E-state index is -1.11. The fourth-order valence-corrected chi connectivity index (χ4v) is 4.04. The standard InChI is InChI=1S/C19H25NO6/c1-5-19(2,3)18(23)25-14-8-10-6-11(14)7-12(10)16(21)26-15-13(20-4)9-24-17(15)22/h10-15H,5-9H2,1-3H3. The number of ether oxygens (including phenoxy) is 3. The number of hydrogen-bond donors (Lipinski definition) is 0. The second kappa shape index (κ2) is 6.90. The monoisotopic (exact) mass is 363 g/mol. The summed E-state index contributed by atoms with van der Waals surface area (Å²) in [6.45, 7) is 12.7. The Morgan fingerprint density at radius 1 is 1.23 bits per heavy atom. The second-order valence-corrected chi connectivity index (χ2v) is 8.20. The molecule has 6 unspecified atom stereocenters. The lowest BCUT2D eigenvalue weighted by molar-refractivity contribution is -0.168. The van der Waals surface area contributed by atoms with E-state index in [0.717, 1.165) is 6.42 Å². The van der Waals surface area contributed by atoms with Crippen LogP contribution in [0.25, 0.3) is 4.85 Å². The van der Waals surface area contributed by atoms with Crippen molar-refractivity contribution < 1.29 is 28.6 Å². The number of nitrogens with zero attached hydrogens (tertiary/aromatic N) is 1. The molecule has 0 N–H and O–H groups in total. The molecule has 7 nitrogen and oxygen atoms in total. The van der Waals surface area contributed by atoms with Crippen LogP contribution in [0.15, 0.2) is 0 Å². The van der Waals surface area contributed by atoms with Gasteiger partial charge in [0.1, 0.15) is 6.10 Å². The van der Waals surface area contributed by atoms with Crippen LogP contribution in [0.1, 0.15) is 46.5 Å². The average molecular weight is 363 g/mol. The summed E-state index contributed by atoms with van der Waals surface area (Å²) >= 11 is 0. The van der Waals surface area contributed by atoms with E-state index >= 15 is 0 Å². The van der Waals surface area contributed by atoms with Gasteiger partial charge in [0.25, 0.3) is 6.10 Å². The highest BCUT2D eigenvalue weighted by molar-refractivity contribution is 5.83. The number of carbonyl (C=O) groups is 3. The molecule has 0 spiro atoms. The Kier molecular flexibility index (Phi) is 4.96. The summed E-state index contributed by atoms with van der Waals surface area (Å²) < 4.78 is 15.8. The highest BCUT2D eigenvalue weighted by Gasteiger charge is 2.53. The van der Waals surface area contributed by atoms with Crippen molar-refractivity contribution in [2.75, 3.05) is 6.61 Å². The largest absolute Gasteiger partial charge is 0.462 e. The van der Waals surface area contributed by atoms with E-state index in [9.17, 15) is 14.4 Å². The Bertz CT molecular complexity index is 651. The van der Waals surface area contributed by atoms with Gasteiger partial charge in [-0.1, -0.05) is 6.92 Å². The Morgan fingerprint density at radius 3 is 2.54 bits per heavy atom. The lowest BCUT2D eigenvalue weighted by Crippen LogP contribution is -2.38. The molecule has 6 atom stereocenters. The first-order valence-corrected chi connectivity index (χ1v) is 9.21. The van der Waals surface area contributed by atoms with Crippen LogP contribution in [0, 0.1) is 29.7 Å². The van der Waals surface area contributed by atoms with Crippen LogP contribution in [-0.2, 0) is 28.6 Å². The zero-order valence-electron chi connectivity index (χ0n) is 15.4. The molecular weight excluding hydrogens is 338 g/mol. The molecule has 3 aliphatic rings. The number of carbonyl (C=O) groups excluding carboxylic acids is 3. The lowest BCUT2D eigenvalue weighted by atomic mass is 9.86. The maximum atomic E-state index is 12.5. The fraction of sp³-hybridized carbons (Fsp3) is 0.789. The zero-order valence-corrected chi connectivity index (χ0v) is 15.4. The Hall–Kier alpha value is -2.10. The maximum absolute atomic E-state index is 12.5. The molecule has 2 saturated carbocycles. The van der Waals surface area contributed by atoms with Gasteiger partial charge in [-0.15, -0.1) is 0 Å². The Balaban J connectivity index is 1.55. The summed E-state index contributed by atoms with van der Waals surface area (Å²) in [5.41, 5.74) is -0.502. The molecule has 0 amide bonds. The summed E-state index contributed by atoms with van der Waals surface area (Å²) in [5, 5.41) is 0. The van der Waals surface area contributed by atoms with Gasteiger partial charge in [-0.2, -0.15) is 0 Å². The molecule has 1 aliphatic heterocycles. The van der Waals surface area contributed by atoms with Crippen molar-refractivity contribution >= 4 is 17.9 Å². The summed E-state index contributed by atoms with van der Waals surface area (Å²) in [6.07, 6.45) is 1.52. The van der Waals surface area contributed by atoms with E-state index < -0.39 is 29.5 Å². The van der Waals surface area contributed by atoms with Crippen molar-refractivity contribution in [3.63, 3.8) is 0 Å². The van der Waals surface area contributed by atoms with Crippen LogP contribution in [0.3, 0.4) is 0 Å². The molecule has 3 fully saturated rings. The van der Waals surface area contributed by atoms with Gasteiger partial charge in [-0.3, -0.25) is 9.59 Å². The van der Waals surface area contributed by atoms with Gasteiger partial charge in [0.15, 0.2) is 6.61 Å². The lowest BCUT2D eigenvalue weighted by Gasteiger charge is -2.30. The topological polar surface area (TPSA) is 83.3 Å². The summed E-state index contributed by atoms with van der Waals surface area (Å²) in [5.74, 6) is -1.32. The molecule has 0 aromatic carbocycles. The molecule has 7 heteroatoms. The summed E-state index contributed by atoms with van der Waals surface area (Å²) in [6, 6.07) is -0.755. The number of cyclic esters (lactones) is 1. The smallest absolute Gasteiger partial charge is 0.356 e. The number of esters is 3. The molecule has 142 valence electrons. The molecule has 0 radical (unpaired) electrons. The fourth-order valence-electron chi connectivity index (χ4n) is 4.04. The van der Waals surface area contributed by atoms with Crippen molar-refractivity contribution in [3.8, 4) is 0 Å². The molecule has 26 heavy (non-hydrogen) atoms. The molecule has 2 aliphatic carbocycles. The second-order valence-electron chi connectivity index (χ2n) is 8.20. The molecule has 3 rings (SSSR count). The number of rotatable bonds is 5. The van der Waals surface area contributed by atoms with Crippen LogP contribution in [0.5, 0.6) is 0 Å². The SMILES string of the molecule is [C-]#[N+]C1COC(=O)C1OC(=O)C1CC2CC1CC2OC(=O)C(C)(C)CC. The van der Waals surface area contributed by atoms with Crippen molar-refractivity contribution in [1.82, 2.24) is 0 Å². The minimum Gasteiger partial charge on any atom is -0.462 e. The van der Waals surface area contributed by atoms with Crippen LogP contribution >= 0.6 is 0 Å². The highest BCUT2D eigenvalue weighted by atomic mass is 16.6. The van der Waals surface area contributed by atoms with Crippen LogP contribution in [-0.4, -0.2) is 42.8 Å². The third kappa shape index (κ3) is 3.29. The van der Waals surface area contributed by atoms with Crippen molar-refractivity contribution in [1.29, 1.82) is 0 Å². The summed E-state index contributed by atoms with van der Waals surface area (Å²) in [7, 11) is 0. The Labute approximate surface area is 153 Å². The van der Waals surface area contributed by atoms with Gasteiger partial charge in [0.05, 0.1) is 11.3 Å². The first-order chi connectivity index (χ1) is 12.3. The van der Waals surface area contributed by atoms with Crippen molar-refractivity contribution in [2.45, 2.75) is 64.7 Å². The predicted molar refractivity (Wildman–Crippen MR) is 89.5 cm³/mol. The minimum absolute atomic E-state index is 0.0256. The van der Waals surface area contributed by atoms with E-state index in [1.54, 1.807) is 0 Å². The van der Waals surface area contributed by atoms with Crippen LogP contribution < -0.4 is 0 Å².